The van der Waals surface area contributed by atoms with Crippen LogP contribution in [0.15, 0.2) is 72.9 Å². The summed E-state index contributed by atoms with van der Waals surface area (Å²) in [6.45, 7) is 3.89. The van der Waals surface area contributed by atoms with Gasteiger partial charge >= 0.3 is 19.8 Å². The molecule has 1 fully saturated rings. The quantitative estimate of drug-likeness (QED) is 0.0180. The van der Waals surface area contributed by atoms with Gasteiger partial charge in [-0.1, -0.05) is 119 Å². The van der Waals surface area contributed by atoms with Crippen LogP contribution in [0.1, 0.15) is 136 Å². The number of unbranched alkanes of at least 4 members (excludes halogenated alkanes) is 7. The normalized spacial score (nSPS) is 19.7. The van der Waals surface area contributed by atoms with Crippen molar-refractivity contribution in [1.82, 2.24) is 0 Å². The van der Waals surface area contributed by atoms with Gasteiger partial charge in [-0.25, -0.2) is 4.57 Å². The van der Waals surface area contributed by atoms with Crippen LogP contribution in [0.5, 0.6) is 0 Å². The van der Waals surface area contributed by atoms with E-state index in [0.717, 1.165) is 44.9 Å². The van der Waals surface area contributed by atoms with Gasteiger partial charge in [-0.2, -0.15) is 0 Å². The first kappa shape index (κ1) is 56.1. The molecule has 1 aliphatic carbocycles. The minimum Gasteiger partial charge on any atom is -0.462 e. The highest BCUT2D eigenvalue weighted by Crippen LogP contribution is 2.43. The zero-order chi connectivity index (χ0) is 45.2. The maximum atomic E-state index is 12.8. The number of quaternary nitrogens is 1. The fourth-order valence-corrected chi connectivity index (χ4v) is 7.14. The lowest BCUT2D eigenvalue weighted by Crippen LogP contribution is -2.37. The molecular weight excluding hydrogens is 797 g/mol. The Morgan fingerprint density at radius 3 is 1.93 bits per heavy atom. The Morgan fingerprint density at radius 1 is 0.770 bits per heavy atom. The van der Waals surface area contributed by atoms with Gasteiger partial charge in [-0.05, 0) is 70.6 Å². The van der Waals surface area contributed by atoms with E-state index in [4.69, 9.17) is 18.5 Å². The number of aliphatic hydroxyl groups excluding tert-OH is 2. The number of nitrogens with zero attached hydrogens (tertiary/aromatic N) is 1. The summed E-state index contributed by atoms with van der Waals surface area (Å²) in [5, 5.41) is 20.7. The number of hydrogen-bond donors (Lipinski definition) is 3. The number of phosphoric ester groups is 1. The molecule has 0 heterocycles. The highest BCUT2D eigenvalue weighted by atomic mass is 31.2. The lowest BCUT2D eigenvalue weighted by Gasteiger charge is -2.24. The van der Waals surface area contributed by atoms with E-state index < -0.39 is 44.7 Å². The smallest absolute Gasteiger partial charge is 0.462 e. The number of carbonyl (C=O) groups is 3. The first-order chi connectivity index (χ1) is 29.2. The molecule has 1 rings (SSSR count). The second-order valence-corrected chi connectivity index (χ2v) is 18.3. The third-order valence-corrected chi connectivity index (χ3v) is 11.1. The molecule has 0 amide bonds. The monoisotopic (exact) mass is 879 g/mol. The minimum absolute atomic E-state index is 0.0116. The Bertz CT molecular complexity index is 1430. The molecule has 1 aliphatic rings. The zero-order valence-electron chi connectivity index (χ0n) is 38.1. The highest BCUT2D eigenvalue weighted by molar-refractivity contribution is 7.47. The second-order valence-electron chi connectivity index (χ2n) is 16.9. The van der Waals surface area contributed by atoms with E-state index in [9.17, 15) is 34.1 Å². The molecule has 0 bridgehead atoms. The van der Waals surface area contributed by atoms with Crippen LogP contribution in [0.4, 0.5) is 0 Å². The number of rotatable bonds is 36. The van der Waals surface area contributed by atoms with E-state index in [-0.39, 0.29) is 50.1 Å². The molecule has 0 radical (unpaired) electrons. The molecule has 3 N–H and O–H groups in total. The van der Waals surface area contributed by atoms with E-state index >= 15 is 0 Å². The molecule has 0 saturated heterocycles. The fourth-order valence-electron chi connectivity index (χ4n) is 6.40. The van der Waals surface area contributed by atoms with Gasteiger partial charge in [0, 0.05) is 31.1 Å². The average molecular weight is 879 g/mol. The molecule has 0 spiro atoms. The first-order valence-corrected chi connectivity index (χ1v) is 24.3. The molecule has 348 valence electrons. The van der Waals surface area contributed by atoms with Gasteiger partial charge in [-0.3, -0.25) is 23.4 Å². The predicted molar refractivity (Wildman–Crippen MR) is 243 cm³/mol. The highest BCUT2D eigenvalue weighted by Gasteiger charge is 2.39. The summed E-state index contributed by atoms with van der Waals surface area (Å²) in [5.41, 5.74) is 0. The number of hydrogen-bond acceptors (Lipinski definition) is 10. The third kappa shape index (κ3) is 31.5. The molecule has 0 aromatic heterocycles. The van der Waals surface area contributed by atoms with Gasteiger partial charge in [0.2, 0.25) is 0 Å². The van der Waals surface area contributed by atoms with Crippen LogP contribution in [0.25, 0.3) is 0 Å². The lowest BCUT2D eigenvalue weighted by molar-refractivity contribution is -0.870. The van der Waals surface area contributed by atoms with Crippen LogP contribution in [-0.4, -0.2) is 103 Å². The van der Waals surface area contributed by atoms with Crippen LogP contribution < -0.4 is 0 Å². The van der Waals surface area contributed by atoms with Crippen LogP contribution in [0.2, 0.25) is 0 Å². The van der Waals surface area contributed by atoms with E-state index in [1.165, 1.54) is 19.3 Å². The molecule has 1 saturated carbocycles. The van der Waals surface area contributed by atoms with Crippen molar-refractivity contribution in [2.75, 3.05) is 47.5 Å². The molecule has 13 heteroatoms. The van der Waals surface area contributed by atoms with Gasteiger partial charge in [0.05, 0.1) is 40.0 Å². The van der Waals surface area contributed by atoms with Gasteiger partial charge in [-0.15, -0.1) is 0 Å². The number of ether oxygens (including phenoxy) is 2. The number of phosphoric acid groups is 1. The molecule has 0 aromatic carbocycles. The van der Waals surface area contributed by atoms with Crippen molar-refractivity contribution in [1.29, 1.82) is 0 Å². The second kappa shape index (κ2) is 34.5. The van der Waals surface area contributed by atoms with Crippen molar-refractivity contribution >= 4 is 25.5 Å². The molecule has 1 unspecified atom stereocenters. The average Bonchev–Trinajstić information content (AvgIpc) is 3.47. The summed E-state index contributed by atoms with van der Waals surface area (Å²) < 4.78 is 34.2. The Hall–Kier alpha value is -2.96. The number of esters is 2. The summed E-state index contributed by atoms with van der Waals surface area (Å²) in [7, 11) is 1.27. The SMILES string of the molecule is CCCCC/C=C\C/C=C\C/C=C\C/C=C\CCCC(=O)OC[C@H](COP(=O)(O)OCC[N+](C)(C)C)OC(=O)CCC/C=C\C[C@H]1C(=O)C[C@@H](O)[C@@H]1/C=C/[C@@H](O)CCCCC. The molecule has 0 aliphatic heterocycles. The van der Waals surface area contributed by atoms with Crippen LogP contribution in [0, 0.1) is 11.8 Å². The molecule has 61 heavy (non-hydrogen) atoms. The maximum Gasteiger partial charge on any atom is 0.472 e. The number of Topliss-reactive ketones (excluding diaryl/α,β-unsaturated/α-hetero) is 1. The molecule has 12 nitrogen and oxygen atoms in total. The van der Waals surface area contributed by atoms with Crippen LogP contribution in [-0.2, 0) is 37.5 Å². The Balaban J connectivity index is 2.55. The Kier molecular flexibility index (Phi) is 31.7. The Labute approximate surface area is 368 Å². The van der Waals surface area contributed by atoms with Crippen molar-refractivity contribution in [2.24, 2.45) is 11.8 Å². The number of aliphatic hydroxyl groups is 2. The van der Waals surface area contributed by atoms with Crippen molar-refractivity contribution in [3.05, 3.63) is 72.9 Å². The minimum atomic E-state index is -4.47. The van der Waals surface area contributed by atoms with Gasteiger partial charge in [0.1, 0.15) is 25.5 Å². The van der Waals surface area contributed by atoms with Crippen molar-refractivity contribution in [2.45, 2.75) is 154 Å². The van der Waals surface area contributed by atoms with Gasteiger partial charge < -0.3 is 29.1 Å². The summed E-state index contributed by atoms with van der Waals surface area (Å²) >= 11 is 0. The fraction of sp³-hybridized carbons (Fsp3) is 0.688. The van der Waals surface area contributed by atoms with Crippen molar-refractivity contribution < 1.29 is 57.1 Å². The van der Waals surface area contributed by atoms with Crippen LogP contribution >= 0.6 is 7.82 Å². The maximum absolute atomic E-state index is 12.8. The summed E-state index contributed by atoms with van der Waals surface area (Å²) in [5.74, 6) is -1.82. The van der Waals surface area contributed by atoms with E-state index in [0.29, 0.717) is 49.6 Å². The number of likely N-dealkylation sites (N-methyl/N-ethyl adjacent to an activating group) is 1. The molecular formula is C48H81NO11P+. The predicted octanol–water partition coefficient (Wildman–Crippen LogP) is 9.61. The molecule has 6 atom stereocenters. The lowest BCUT2D eigenvalue weighted by atomic mass is 9.90. The van der Waals surface area contributed by atoms with Gasteiger partial charge in [0.25, 0.3) is 0 Å². The standard InChI is InChI=1S/C48H80NO11P/c1-6-8-10-11-12-13-14-15-16-17-18-19-20-21-22-23-28-32-47(53)57-39-42(40-59-61(55,56)58-37-36-49(3,4)5)60-48(54)33-29-25-24-27-31-43-44(46(52)38-45(43)51)35-34-41(50)30-26-9-7-2/h12-13,15-16,18-19,21-22,24,27,34-35,41-44,46,50,52H,6-11,14,17,20,23,25-26,28-33,36-40H2,1-5H3/p+1/b13-12-,16-15-,19-18-,22-21-,27-24-,35-34+/t41-,42+,43+,44+,46+/m0/s1. The summed E-state index contributed by atoms with van der Waals surface area (Å²) in [4.78, 5) is 48.1. The largest absolute Gasteiger partial charge is 0.472 e. The van der Waals surface area contributed by atoms with E-state index in [2.05, 4.69) is 56.4 Å². The first-order valence-electron chi connectivity index (χ1n) is 22.8. The van der Waals surface area contributed by atoms with E-state index in [1.54, 1.807) is 12.2 Å². The third-order valence-electron chi connectivity index (χ3n) is 10.1. The van der Waals surface area contributed by atoms with Crippen molar-refractivity contribution in [3.8, 4) is 0 Å². The zero-order valence-corrected chi connectivity index (χ0v) is 39.0. The van der Waals surface area contributed by atoms with Gasteiger partial charge in [0.15, 0.2) is 6.10 Å². The number of ketones is 1. The Morgan fingerprint density at radius 2 is 1.33 bits per heavy atom. The van der Waals surface area contributed by atoms with Crippen molar-refractivity contribution in [3.63, 3.8) is 0 Å². The topological polar surface area (TPSA) is 166 Å². The van der Waals surface area contributed by atoms with E-state index in [1.807, 2.05) is 39.4 Å². The number of allylic oxidation sites excluding steroid dienone is 10. The molecule has 0 aromatic rings. The summed E-state index contributed by atoms with van der Waals surface area (Å²) in [6, 6.07) is 0. The summed E-state index contributed by atoms with van der Waals surface area (Å²) in [6.07, 6.45) is 36.1. The van der Waals surface area contributed by atoms with Crippen LogP contribution in [0.3, 0.4) is 0 Å². The number of carbonyl (C=O) groups excluding carboxylic acids is 3.